The summed E-state index contributed by atoms with van der Waals surface area (Å²) in [5, 5.41) is 35.0. The number of carboxylic acids is 4. The van der Waals surface area contributed by atoms with Crippen LogP contribution in [-0.4, -0.2) is 44.3 Å². The summed E-state index contributed by atoms with van der Waals surface area (Å²) in [5.41, 5.74) is -3.15. The van der Waals surface area contributed by atoms with Gasteiger partial charge in [-0.1, -0.05) is 0 Å². The molecular formula is C10H6O8Zn. The fourth-order valence-electron chi connectivity index (χ4n) is 1.31. The largest absolute Gasteiger partial charge is 0.478 e. The summed E-state index contributed by atoms with van der Waals surface area (Å²) >= 11 is 0. The number of hydrogen-bond acceptors (Lipinski definition) is 4. The van der Waals surface area contributed by atoms with Gasteiger partial charge in [-0.05, 0) is 12.1 Å². The minimum absolute atomic E-state index is 0. The molecular weight excluding hydrogens is 313 g/mol. The van der Waals surface area contributed by atoms with E-state index in [0.29, 0.717) is 12.1 Å². The van der Waals surface area contributed by atoms with E-state index in [1.165, 1.54) is 0 Å². The molecule has 9 heteroatoms. The molecule has 8 nitrogen and oxygen atoms in total. The van der Waals surface area contributed by atoms with Crippen molar-refractivity contribution in [2.45, 2.75) is 0 Å². The van der Waals surface area contributed by atoms with Gasteiger partial charge in [-0.2, -0.15) is 0 Å². The Morgan fingerprint density at radius 1 is 0.579 bits per heavy atom. The van der Waals surface area contributed by atoms with Crippen LogP contribution in [0.4, 0.5) is 0 Å². The Labute approximate surface area is 118 Å². The zero-order chi connectivity index (χ0) is 14.0. The van der Waals surface area contributed by atoms with Crippen LogP contribution in [0.3, 0.4) is 0 Å². The maximum atomic E-state index is 10.8. The molecule has 0 heterocycles. The number of hydrogen-bond donors (Lipinski definition) is 4. The normalized spacial score (nSPS) is 9.26. The van der Waals surface area contributed by atoms with E-state index >= 15 is 0 Å². The molecule has 0 atom stereocenters. The van der Waals surface area contributed by atoms with Gasteiger partial charge in [0.1, 0.15) is 0 Å². The van der Waals surface area contributed by atoms with E-state index in [1.807, 2.05) is 0 Å². The topological polar surface area (TPSA) is 149 Å². The molecule has 1 aromatic rings. The van der Waals surface area contributed by atoms with Crippen molar-refractivity contribution in [2.24, 2.45) is 0 Å². The van der Waals surface area contributed by atoms with E-state index in [-0.39, 0.29) is 19.5 Å². The average Bonchev–Trinajstić information content (AvgIpc) is 2.26. The molecule has 0 fully saturated rings. The molecule has 0 bridgehead atoms. The zero-order valence-electron chi connectivity index (χ0n) is 9.28. The van der Waals surface area contributed by atoms with Gasteiger partial charge in [-0.15, -0.1) is 0 Å². The SMILES string of the molecule is O=C(O)c1cc(C(=O)O)c(C(=O)O)cc1C(=O)O.[Zn]. The van der Waals surface area contributed by atoms with Crippen LogP contribution in [0.1, 0.15) is 41.4 Å². The summed E-state index contributed by atoms with van der Waals surface area (Å²) in [6.45, 7) is 0. The second-order valence-corrected chi connectivity index (χ2v) is 3.16. The number of rotatable bonds is 4. The Balaban J connectivity index is 0.00000324. The average molecular weight is 320 g/mol. The quantitative estimate of drug-likeness (QED) is 0.585. The Morgan fingerprint density at radius 3 is 0.842 bits per heavy atom. The molecule has 0 aliphatic heterocycles. The molecule has 0 aliphatic carbocycles. The van der Waals surface area contributed by atoms with E-state index in [2.05, 4.69) is 0 Å². The maximum absolute atomic E-state index is 10.8. The summed E-state index contributed by atoms with van der Waals surface area (Å²) in [5.74, 6) is -6.64. The fourth-order valence-corrected chi connectivity index (χ4v) is 1.31. The molecule has 1 aromatic carbocycles. The van der Waals surface area contributed by atoms with Gasteiger partial charge >= 0.3 is 23.9 Å². The molecule has 0 amide bonds. The first-order valence-electron chi connectivity index (χ1n) is 4.37. The Hall–Kier alpha value is -2.28. The molecule has 0 unspecified atom stereocenters. The molecule has 96 valence electrons. The standard InChI is InChI=1S/C10H6O8.Zn/c11-7(12)3-1-4(8(13)14)6(10(17)18)2-5(3)9(15)16;/h1-2H,(H,11,12)(H,13,14)(H,15,16)(H,17,18);. The van der Waals surface area contributed by atoms with Crippen LogP contribution in [0.15, 0.2) is 12.1 Å². The van der Waals surface area contributed by atoms with Crippen molar-refractivity contribution in [3.8, 4) is 0 Å². The van der Waals surface area contributed by atoms with Gasteiger partial charge in [-0.25, -0.2) is 19.2 Å². The molecule has 0 saturated heterocycles. The summed E-state index contributed by atoms with van der Waals surface area (Å²) in [6, 6.07) is 1.02. The Kier molecular flexibility index (Phi) is 5.33. The van der Waals surface area contributed by atoms with E-state index in [0.717, 1.165) is 0 Å². The van der Waals surface area contributed by atoms with E-state index < -0.39 is 46.1 Å². The molecule has 0 saturated carbocycles. The van der Waals surface area contributed by atoms with Crippen LogP contribution in [0.2, 0.25) is 0 Å². The predicted molar refractivity (Wildman–Crippen MR) is 54.3 cm³/mol. The van der Waals surface area contributed by atoms with Crippen molar-refractivity contribution in [3.05, 3.63) is 34.4 Å². The van der Waals surface area contributed by atoms with Crippen molar-refractivity contribution >= 4 is 23.9 Å². The van der Waals surface area contributed by atoms with Crippen LogP contribution < -0.4 is 0 Å². The second-order valence-electron chi connectivity index (χ2n) is 3.16. The van der Waals surface area contributed by atoms with Gasteiger partial charge < -0.3 is 20.4 Å². The first kappa shape index (κ1) is 16.7. The third kappa shape index (κ3) is 3.35. The number of benzene rings is 1. The molecule has 1 rings (SSSR count). The van der Waals surface area contributed by atoms with Crippen molar-refractivity contribution in [2.75, 3.05) is 0 Å². The van der Waals surface area contributed by atoms with E-state index in [9.17, 15) is 19.2 Å². The predicted octanol–water partition coefficient (Wildman–Crippen LogP) is 0.477. The van der Waals surface area contributed by atoms with Gasteiger partial charge in [0.2, 0.25) is 0 Å². The molecule has 0 aromatic heterocycles. The molecule has 4 N–H and O–H groups in total. The van der Waals surface area contributed by atoms with Crippen LogP contribution in [0, 0.1) is 0 Å². The van der Waals surface area contributed by atoms with E-state index in [4.69, 9.17) is 20.4 Å². The number of carboxylic acid groups (broad SMARTS) is 4. The fraction of sp³-hybridized carbons (Fsp3) is 0. The third-order valence-corrected chi connectivity index (χ3v) is 2.08. The van der Waals surface area contributed by atoms with E-state index in [1.54, 1.807) is 0 Å². The summed E-state index contributed by atoms with van der Waals surface area (Å²) in [7, 11) is 0. The van der Waals surface area contributed by atoms with Gasteiger partial charge in [0.25, 0.3) is 0 Å². The van der Waals surface area contributed by atoms with Crippen LogP contribution in [0.5, 0.6) is 0 Å². The van der Waals surface area contributed by atoms with Crippen LogP contribution in [-0.2, 0) is 19.5 Å². The first-order chi connectivity index (χ1) is 8.25. The Morgan fingerprint density at radius 2 is 0.737 bits per heavy atom. The second kappa shape index (κ2) is 6.06. The summed E-state index contributed by atoms with van der Waals surface area (Å²) in [4.78, 5) is 43.1. The van der Waals surface area contributed by atoms with Crippen molar-refractivity contribution in [3.63, 3.8) is 0 Å². The third-order valence-electron chi connectivity index (χ3n) is 2.08. The molecule has 0 spiro atoms. The first-order valence-corrected chi connectivity index (χ1v) is 4.37. The minimum atomic E-state index is -1.66. The van der Waals surface area contributed by atoms with Gasteiger partial charge in [0.05, 0.1) is 22.3 Å². The van der Waals surface area contributed by atoms with Crippen molar-refractivity contribution in [1.29, 1.82) is 0 Å². The van der Waals surface area contributed by atoms with Crippen LogP contribution >= 0.6 is 0 Å². The number of carbonyl (C=O) groups is 4. The van der Waals surface area contributed by atoms with Gasteiger partial charge in [0.15, 0.2) is 0 Å². The zero-order valence-corrected chi connectivity index (χ0v) is 12.3. The summed E-state index contributed by atoms with van der Waals surface area (Å²) < 4.78 is 0. The molecule has 0 aliphatic rings. The van der Waals surface area contributed by atoms with Crippen LogP contribution in [0.25, 0.3) is 0 Å². The van der Waals surface area contributed by atoms with Gasteiger partial charge in [-0.3, -0.25) is 0 Å². The smallest absolute Gasteiger partial charge is 0.336 e. The number of aromatic carboxylic acids is 4. The monoisotopic (exact) mass is 318 g/mol. The summed E-state index contributed by atoms with van der Waals surface area (Å²) in [6.07, 6.45) is 0. The molecule has 19 heavy (non-hydrogen) atoms. The van der Waals surface area contributed by atoms with Crippen molar-refractivity contribution in [1.82, 2.24) is 0 Å². The minimum Gasteiger partial charge on any atom is -0.478 e. The van der Waals surface area contributed by atoms with Gasteiger partial charge in [0, 0.05) is 19.5 Å². The maximum Gasteiger partial charge on any atom is 0.336 e. The Bertz CT molecular complexity index is 479. The molecule has 0 radical (unpaired) electrons. The van der Waals surface area contributed by atoms with Crippen molar-refractivity contribution < 1.29 is 59.1 Å².